The Balaban J connectivity index is 2.21. The lowest BCUT2D eigenvalue weighted by Gasteiger charge is -2.08. The van der Waals surface area contributed by atoms with Crippen molar-refractivity contribution in [3.05, 3.63) is 54.1 Å². The summed E-state index contributed by atoms with van der Waals surface area (Å²) in [6.07, 6.45) is 0. The molecule has 0 saturated heterocycles. The van der Waals surface area contributed by atoms with Crippen LogP contribution in [0.25, 0.3) is 16.7 Å². The van der Waals surface area contributed by atoms with E-state index in [0.717, 1.165) is 22.3 Å². The highest BCUT2D eigenvalue weighted by Gasteiger charge is 2.15. The predicted octanol–water partition coefficient (Wildman–Crippen LogP) is 3.51. The van der Waals surface area contributed by atoms with Gasteiger partial charge in [-0.15, -0.1) is 0 Å². The summed E-state index contributed by atoms with van der Waals surface area (Å²) in [4.78, 5) is 15.5. The highest BCUT2D eigenvalue weighted by molar-refractivity contribution is 7.99. The minimum atomic E-state index is -0.844. The van der Waals surface area contributed by atoms with Gasteiger partial charge in [0.15, 0.2) is 5.16 Å². The first-order chi connectivity index (χ1) is 10.2. The molecule has 1 N–H and O–H groups in total. The summed E-state index contributed by atoms with van der Waals surface area (Å²) in [5, 5.41) is 9.61. The van der Waals surface area contributed by atoms with Crippen LogP contribution in [0.4, 0.5) is 0 Å². The van der Waals surface area contributed by atoms with Crippen molar-refractivity contribution in [2.45, 2.75) is 12.1 Å². The van der Waals surface area contributed by atoms with E-state index in [1.165, 1.54) is 11.8 Å². The summed E-state index contributed by atoms with van der Waals surface area (Å²) in [5.74, 6) is -0.849. The zero-order valence-corrected chi connectivity index (χ0v) is 12.3. The van der Waals surface area contributed by atoms with Crippen LogP contribution in [-0.2, 0) is 4.79 Å². The van der Waals surface area contributed by atoms with Crippen LogP contribution < -0.4 is 0 Å². The van der Waals surface area contributed by atoms with E-state index in [-0.39, 0.29) is 5.75 Å². The van der Waals surface area contributed by atoms with E-state index in [4.69, 9.17) is 5.11 Å². The van der Waals surface area contributed by atoms with Crippen molar-refractivity contribution in [2.24, 2.45) is 0 Å². The maximum atomic E-state index is 10.8. The third kappa shape index (κ3) is 2.64. The first-order valence-corrected chi connectivity index (χ1v) is 7.53. The zero-order chi connectivity index (χ0) is 14.8. The molecule has 0 aliphatic heterocycles. The fraction of sp³-hybridized carbons (Fsp3) is 0.125. The number of aliphatic carboxylic acids is 1. The molecule has 0 fully saturated rings. The monoisotopic (exact) mass is 298 g/mol. The lowest BCUT2D eigenvalue weighted by atomic mass is 10.2. The van der Waals surface area contributed by atoms with Crippen molar-refractivity contribution < 1.29 is 9.90 Å². The molecular formula is C16H14N2O2S. The van der Waals surface area contributed by atoms with Crippen LogP contribution in [0.2, 0.25) is 0 Å². The molecule has 0 saturated carbocycles. The van der Waals surface area contributed by atoms with Gasteiger partial charge in [-0.3, -0.25) is 9.36 Å². The Morgan fingerprint density at radius 3 is 2.67 bits per heavy atom. The van der Waals surface area contributed by atoms with Gasteiger partial charge in [0.25, 0.3) is 0 Å². The largest absolute Gasteiger partial charge is 0.481 e. The van der Waals surface area contributed by atoms with Crippen LogP contribution in [0.3, 0.4) is 0 Å². The highest BCUT2D eigenvalue weighted by Crippen LogP contribution is 2.29. The molecule has 3 aromatic rings. The molecule has 2 aromatic carbocycles. The maximum absolute atomic E-state index is 10.8. The number of benzene rings is 2. The third-order valence-electron chi connectivity index (χ3n) is 3.20. The number of carboxylic acid groups (broad SMARTS) is 1. The van der Waals surface area contributed by atoms with Gasteiger partial charge >= 0.3 is 5.97 Å². The molecule has 3 rings (SSSR count). The van der Waals surface area contributed by atoms with Gasteiger partial charge in [0.05, 0.1) is 16.8 Å². The summed E-state index contributed by atoms with van der Waals surface area (Å²) in [6, 6.07) is 15.9. The number of aryl methyl sites for hydroxylation is 1. The summed E-state index contributed by atoms with van der Waals surface area (Å²) in [6.45, 7) is 2.01. The van der Waals surface area contributed by atoms with E-state index in [0.29, 0.717) is 5.16 Å². The van der Waals surface area contributed by atoms with E-state index < -0.39 is 5.97 Å². The third-order valence-corrected chi connectivity index (χ3v) is 4.12. The first-order valence-electron chi connectivity index (χ1n) is 6.55. The Morgan fingerprint density at radius 2 is 1.95 bits per heavy atom. The number of aromatic nitrogens is 2. The molecule has 0 radical (unpaired) electrons. The Bertz CT molecular complexity index is 797. The van der Waals surface area contributed by atoms with Gasteiger partial charge in [-0.25, -0.2) is 4.98 Å². The summed E-state index contributed by atoms with van der Waals surface area (Å²) in [7, 11) is 0. The van der Waals surface area contributed by atoms with Crippen molar-refractivity contribution in [2.75, 3.05) is 5.75 Å². The quantitative estimate of drug-likeness (QED) is 0.749. The van der Waals surface area contributed by atoms with Gasteiger partial charge in [-0.2, -0.15) is 0 Å². The van der Waals surface area contributed by atoms with Crippen molar-refractivity contribution in [1.82, 2.24) is 9.55 Å². The SMILES string of the molecule is Cc1cccc2c1nc(SCC(=O)O)n2-c1ccccc1. The van der Waals surface area contributed by atoms with Gasteiger partial charge in [-0.1, -0.05) is 42.1 Å². The van der Waals surface area contributed by atoms with Crippen molar-refractivity contribution >= 4 is 28.8 Å². The molecule has 0 aliphatic rings. The number of hydrogen-bond donors (Lipinski definition) is 1. The zero-order valence-electron chi connectivity index (χ0n) is 11.5. The maximum Gasteiger partial charge on any atom is 0.313 e. The van der Waals surface area contributed by atoms with E-state index >= 15 is 0 Å². The van der Waals surface area contributed by atoms with Crippen molar-refractivity contribution in [3.63, 3.8) is 0 Å². The lowest BCUT2D eigenvalue weighted by molar-refractivity contribution is -0.133. The molecule has 0 amide bonds. The van der Waals surface area contributed by atoms with E-state index in [1.807, 2.05) is 60.0 Å². The Labute approximate surface area is 126 Å². The lowest BCUT2D eigenvalue weighted by Crippen LogP contribution is -2.01. The van der Waals surface area contributed by atoms with E-state index in [9.17, 15) is 4.79 Å². The number of carbonyl (C=O) groups is 1. The molecule has 0 spiro atoms. The Kier molecular flexibility index (Phi) is 3.66. The number of para-hydroxylation sites is 2. The number of rotatable bonds is 4. The molecule has 0 aliphatic carbocycles. The molecular weight excluding hydrogens is 284 g/mol. The summed E-state index contributed by atoms with van der Waals surface area (Å²) >= 11 is 1.24. The number of fused-ring (bicyclic) bond motifs is 1. The Hall–Kier alpha value is -2.27. The first kappa shape index (κ1) is 13.7. The van der Waals surface area contributed by atoms with Gasteiger partial charge in [0.1, 0.15) is 0 Å². The van der Waals surface area contributed by atoms with Gasteiger partial charge in [0, 0.05) is 5.69 Å². The van der Waals surface area contributed by atoms with Crippen LogP contribution in [0.1, 0.15) is 5.56 Å². The normalized spacial score (nSPS) is 10.9. The fourth-order valence-corrected chi connectivity index (χ4v) is 3.01. The van der Waals surface area contributed by atoms with Gasteiger partial charge in [-0.05, 0) is 30.7 Å². The molecule has 5 heteroatoms. The highest BCUT2D eigenvalue weighted by atomic mass is 32.2. The smallest absolute Gasteiger partial charge is 0.313 e. The minimum Gasteiger partial charge on any atom is -0.481 e. The second-order valence-corrected chi connectivity index (χ2v) is 5.63. The van der Waals surface area contributed by atoms with Crippen molar-refractivity contribution in [3.8, 4) is 5.69 Å². The van der Waals surface area contributed by atoms with Gasteiger partial charge < -0.3 is 5.11 Å². The number of imidazole rings is 1. The van der Waals surface area contributed by atoms with Crippen LogP contribution >= 0.6 is 11.8 Å². The van der Waals surface area contributed by atoms with E-state index in [1.54, 1.807) is 0 Å². The number of carboxylic acids is 1. The molecule has 21 heavy (non-hydrogen) atoms. The molecule has 0 unspecified atom stereocenters. The average Bonchev–Trinajstić information content (AvgIpc) is 2.86. The summed E-state index contributed by atoms with van der Waals surface area (Å²) in [5.41, 5.74) is 3.97. The standard InChI is InChI=1S/C16H14N2O2S/c1-11-6-5-9-13-15(11)17-16(21-10-14(19)20)18(13)12-7-3-2-4-8-12/h2-9H,10H2,1H3,(H,19,20). The second kappa shape index (κ2) is 5.61. The predicted molar refractivity (Wildman–Crippen MR) is 84.2 cm³/mol. The molecule has 106 valence electrons. The van der Waals surface area contributed by atoms with Crippen LogP contribution in [0.15, 0.2) is 53.7 Å². The fourth-order valence-electron chi connectivity index (χ4n) is 2.27. The summed E-state index contributed by atoms with van der Waals surface area (Å²) < 4.78 is 2.01. The number of thioether (sulfide) groups is 1. The second-order valence-electron chi connectivity index (χ2n) is 4.69. The topological polar surface area (TPSA) is 55.1 Å². The molecule has 0 bridgehead atoms. The minimum absolute atomic E-state index is 0.00476. The van der Waals surface area contributed by atoms with Crippen molar-refractivity contribution in [1.29, 1.82) is 0 Å². The van der Waals surface area contributed by atoms with Crippen LogP contribution in [0.5, 0.6) is 0 Å². The Morgan fingerprint density at radius 1 is 1.19 bits per heavy atom. The molecule has 0 atom stereocenters. The van der Waals surface area contributed by atoms with Gasteiger partial charge in [0.2, 0.25) is 0 Å². The number of hydrogen-bond acceptors (Lipinski definition) is 3. The molecule has 1 aromatic heterocycles. The number of nitrogens with zero attached hydrogens (tertiary/aromatic N) is 2. The van der Waals surface area contributed by atoms with E-state index in [2.05, 4.69) is 4.98 Å². The van der Waals surface area contributed by atoms with Crippen LogP contribution in [-0.4, -0.2) is 26.4 Å². The molecule has 1 heterocycles. The molecule has 4 nitrogen and oxygen atoms in total. The van der Waals surface area contributed by atoms with Crippen LogP contribution in [0, 0.1) is 6.92 Å². The average molecular weight is 298 g/mol.